The molecule has 0 spiro atoms. The van der Waals surface area contributed by atoms with Crippen LogP contribution in [-0.2, 0) is 19.1 Å². The molecule has 2 aliphatic heterocycles. The number of carbonyl (C=O) groups is 3. The normalized spacial score (nSPS) is 20.5. The zero-order valence-electron chi connectivity index (χ0n) is 13.7. The number of ketones is 2. The Hall–Kier alpha value is -3.03. The molecule has 0 bridgehead atoms. The number of allylic oxidation sites excluding steroid dienone is 3. The van der Waals surface area contributed by atoms with Crippen LogP contribution in [0.3, 0.4) is 0 Å². The van der Waals surface area contributed by atoms with Gasteiger partial charge in [0.15, 0.2) is 6.10 Å². The van der Waals surface area contributed by atoms with Gasteiger partial charge in [0.2, 0.25) is 11.6 Å². The molecule has 3 aliphatic rings. The topological polar surface area (TPSA) is 102 Å². The van der Waals surface area contributed by atoms with Crippen LogP contribution in [0.5, 0.6) is 0 Å². The molecule has 8 heteroatoms. The molecule has 2 heterocycles. The zero-order valence-corrected chi connectivity index (χ0v) is 13.7. The number of amides is 1. The first-order valence-electron chi connectivity index (χ1n) is 7.88. The fourth-order valence-electron chi connectivity index (χ4n) is 2.84. The van der Waals surface area contributed by atoms with Crippen LogP contribution < -0.4 is 5.73 Å². The van der Waals surface area contributed by atoms with E-state index in [0.717, 1.165) is 6.26 Å². The molecule has 132 valence electrons. The van der Waals surface area contributed by atoms with Gasteiger partial charge in [0.05, 0.1) is 28.8 Å². The molecule has 2 N–H and O–H groups in total. The third kappa shape index (κ3) is 3.15. The van der Waals surface area contributed by atoms with Gasteiger partial charge in [0, 0.05) is 26.2 Å². The van der Waals surface area contributed by atoms with Crippen molar-refractivity contribution in [2.24, 2.45) is 5.73 Å². The van der Waals surface area contributed by atoms with Crippen LogP contribution in [0.25, 0.3) is 0 Å². The largest absolute Gasteiger partial charge is 0.490 e. The van der Waals surface area contributed by atoms with Gasteiger partial charge < -0.3 is 25.0 Å². The first-order valence-corrected chi connectivity index (χ1v) is 7.88. The lowest BCUT2D eigenvalue weighted by molar-refractivity contribution is -0.118. The lowest BCUT2D eigenvalue weighted by atomic mass is 9.87. The minimum absolute atomic E-state index is 0.163. The summed E-state index contributed by atoms with van der Waals surface area (Å²) in [5.74, 6) is -0.602. The molecule has 1 aliphatic carbocycles. The number of rotatable bonds is 8. The molecular weight excluding hydrogens is 326 g/mol. The number of hydrogen-bond donors (Lipinski definition) is 1. The Bertz CT molecular complexity index is 729. The van der Waals surface area contributed by atoms with Crippen LogP contribution in [0, 0.1) is 0 Å². The molecule has 0 saturated carbocycles. The van der Waals surface area contributed by atoms with Crippen LogP contribution >= 0.6 is 0 Å². The Labute approximate surface area is 144 Å². The number of carbonyl (C=O) groups excluding carboxylic acids is 3. The van der Waals surface area contributed by atoms with Crippen LogP contribution in [0.2, 0.25) is 0 Å². The van der Waals surface area contributed by atoms with E-state index in [1.54, 1.807) is 9.80 Å². The molecule has 1 atom stereocenters. The lowest BCUT2D eigenvalue weighted by Crippen LogP contribution is -2.37. The van der Waals surface area contributed by atoms with Crippen molar-refractivity contribution < 1.29 is 23.9 Å². The second-order valence-electron chi connectivity index (χ2n) is 5.78. The van der Waals surface area contributed by atoms with Gasteiger partial charge in [-0.2, -0.15) is 0 Å². The number of hydrogen-bond acceptors (Lipinski definition) is 7. The van der Waals surface area contributed by atoms with Crippen molar-refractivity contribution in [1.82, 2.24) is 9.80 Å². The van der Waals surface area contributed by atoms with E-state index in [1.807, 2.05) is 0 Å². The predicted molar refractivity (Wildman–Crippen MR) is 88.0 cm³/mol. The van der Waals surface area contributed by atoms with Gasteiger partial charge in [-0.05, 0) is 0 Å². The summed E-state index contributed by atoms with van der Waals surface area (Å²) in [5.41, 5.74) is 6.05. The summed E-state index contributed by atoms with van der Waals surface area (Å²) < 4.78 is 10.2. The molecular formula is C17H19N3O5. The van der Waals surface area contributed by atoms with Crippen molar-refractivity contribution in [2.75, 3.05) is 32.8 Å². The van der Waals surface area contributed by atoms with E-state index in [4.69, 9.17) is 15.2 Å². The second-order valence-corrected chi connectivity index (χ2v) is 5.78. The van der Waals surface area contributed by atoms with Gasteiger partial charge in [0.25, 0.3) is 0 Å². The second kappa shape index (κ2) is 6.46. The smallest absolute Gasteiger partial charge is 0.404 e. The van der Waals surface area contributed by atoms with Gasteiger partial charge in [-0.15, -0.1) is 0 Å². The number of Topliss-reactive ketones (excluding diaryl/α,β-unsaturated/α-hetero) is 2. The third-order valence-electron chi connectivity index (χ3n) is 4.12. The number of nitrogens with two attached hydrogens (primary N) is 1. The summed E-state index contributed by atoms with van der Waals surface area (Å²) in [4.78, 5) is 40.7. The van der Waals surface area contributed by atoms with Crippen molar-refractivity contribution in [1.29, 1.82) is 0 Å². The minimum atomic E-state index is -0.991. The van der Waals surface area contributed by atoms with Crippen LogP contribution in [-0.4, -0.2) is 66.3 Å². The van der Waals surface area contributed by atoms with Gasteiger partial charge >= 0.3 is 6.09 Å². The minimum Gasteiger partial charge on any atom is -0.490 e. The Morgan fingerprint density at radius 3 is 2.20 bits per heavy atom. The van der Waals surface area contributed by atoms with Crippen molar-refractivity contribution in [2.45, 2.75) is 6.10 Å². The maximum absolute atomic E-state index is 13.2. The molecule has 8 nitrogen and oxygen atoms in total. The van der Waals surface area contributed by atoms with Crippen molar-refractivity contribution >= 4 is 17.7 Å². The highest BCUT2D eigenvalue weighted by Crippen LogP contribution is 2.36. The zero-order chi connectivity index (χ0) is 18.1. The summed E-state index contributed by atoms with van der Waals surface area (Å²) in [6.07, 6.45) is 0.605. The number of nitrogens with zero attached hydrogens (tertiary/aromatic N) is 2. The van der Waals surface area contributed by atoms with Crippen LogP contribution in [0.4, 0.5) is 4.79 Å². The average Bonchev–Trinajstić information content (AvgIpc) is 3.45. The fourth-order valence-corrected chi connectivity index (χ4v) is 2.84. The molecule has 0 aromatic rings. The highest BCUT2D eigenvalue weighted by atomic mass is 16.6. The third-order valence-corrected chi connectivity index (χ3v) is 4.12. The summed E-state index contributed by atoms with van der Waals surface area (Å²) in [7, 11) is 0. The van der Waals surface area contributed by atoms with Gasteiger partial charge in [-0.25, -0.2) is 4.79 Å². The van der Waals surface area contributed by atoms with E-state index in [2.05, 4.69) is 13.2 Å². The highest BCUT2D eigenvalue weighted by Gasteiger charge is 2.45. The van der Waals surface area contributed by atoms with Crippen molar-refractivity contribution in [3.05, 3.63) is 48.0 Å². The highest BCUT2D eigenvalue weighted by molar-refractivity contribution is 6.26. The van der Waals surface area contributed by atoms with E-state index in [9.17, 15) is 14.4 Å². The van der Waals surface area contributed by atoms with Crippen molar-refractivity contribution in [3.63, 3.8) is 0 Å². The predicted octanol–water partition coefficient (Wildman–Crippen LogP) is 0.0876. The molecule has 2 saturated heterocycles. The Balaban J connectivity index is 2.05. The summed E-state index contributed by atoms with van der Waals surface area (Å²) >= 11 is 0. The Morgan fingerprint density at radius 1 is 1.12 bits per heavy atom. The monoisotopic (exact) mass is 345 g/mol. The van der Waals surface area contributed by atoms with E-state index in [-0.39, 0.29) is 29.4 Å². The molecule has 1 unspecified atom stereocenters. The standard InChI is InChI=1S/C17H19N3O5/c1-3-10-13(19-5-6-19)16(22)12(14(15(10)21)20-7-8-20)11(24-4-2)9-25-17(18)23/h3-4,11H,1-2,5-9H2,(H2,18,23). The van der Waals surface area contributed by atoms with E-state index in [0.29, 0.717) is 37.4 Å². The summed E-state index contributed by atoms with van der Waals surface area (Å²) in [6.45, 7) is 9.60. The van der Waals surface area contributed by atoms with E-state index in [1.165, 1.54) is 6.08 Å². The van der Waals surface area contributed by atoms with Crippen molar-refractivity contribution in [3.8, 4) is 0 Å². The maximum Gasteiger partial charge on any atom is 0.404 e. The molecule has 0 radical (unpaired) electrons. The number of ether oxygens (including phenoxy) is 2. The van der Waals surface area contributed by atoms with Crippen LogP contribution in [0.1, 0.15) is 0 Å². The molecule has 25 heavy (non-hydrogen) atoms. The Kier molecular flexibility index (Phi) is 4.35. The quantitative estimate of drug-likeness (QED) is 0.378. The lowest BCUT2D eigenvalue weighted by Gasteiger charge is -2.28. The molecule has 2 fully saturated rings. The van der Waals surface area contributed by atoms with Crippen LogP contribution in [0.15, 0.2) is 48.0 Å². The van der Waals surface area contributed by atoms with E-state index < -0.39 is 12.2 Å². The number of primary amides is 1. The van der Waals surface area contributed by atoms with Gasteiger partial charge in [0.1, 0.15) is 6.61 Å². The SMILES string of the molecule is C=COC(COC(N)=O)C1=C(N2CC2)C(=O)C(C=C)=C(N2CC2)C1=O. The van der Waals surface area contributed by atoms with Gasteiger partial charge in [-0.3, -0.25) is 9.59 Å². The summed E-state index contributed by atoms with van der Waals surface area (Å²) in [5, 5.41) is 0. The molecule has 3 rings (SSSR count). The molecule has 0 aromatic heterocycles. The van der Waals surface area contributed by atoms with E-state index >= 15 is 0 Å². The van der Waals surface area contributed by atoms with Gasteiger partial charge in [-0.1, -0.05) is 19.2 Å². The summed E-state index contributed by atoms with van der Waals surface area (Å²) in [6, 6.07) is 0. The molecule has 0 aromatic carbocycles. The Morgan fingerprint density at radius 2 is 1.72 bits per heavy atom. The first-order chi connectivity index (χ1) is 12.0. The fraction of sp³-hybridized carbons (Fsp3) is 0.353. The maximum atomic E-state index is 13.2. The first kappa shape index (κ1) is 16.8. The average molecular weight is 345 g/mol. The molecule has 1 amide bonds.